The summed E-state index contributed by atoms with van der Waals surface area (Å²) in [7, 11) is 0. The number of hydrogen-bond acceptors (Lipinski definition) is 4. The number of carboxylic acid groups (broad SMARTS) is 1. The minimum atomic E-state index is -1.30. The first-order valence-corrected chi connectivity index (χ1v) is 5.91. The fourth-order valence-corrected chi connectivity index (χ4v) is 1.76. The largest absolute Gasteiger partial charge is 0.478 e. The van der Waals surface area contributed by atoms with E-state index in [9.17, 15) is 19.3 Å². The van der Waals surface area contributed by atoms with Crippen LogP contribution in [-0.4, -0.2) is 16.0 Å². The molecule has 0 spiro atoms. The zero-order chi connectivity index (χ0) is 15.6. The molecule has 8 heteroatoms. The first-order chi connectivity index (χ1) is 9.88. The molecule has 108 valence electrons. The van der Waals surface area contributed by atoms with Crippen LogP contribution in [0, 0.1) is 15.9 Å². The highest BCUT2D eigenvalue weighted by molar-refractivity contribution is 6.30. The quantitative estimate of drug-likeness (QED) is 0.683. The van der Waals surface area contributed by atoms with E-state index in [1.54, 1.807) is 0 Å². The number of rotatable bonds is 4. The molecule has 0 bridgehead atoms. The topological polar surface area (TPSA) is 89.7 Å². The Kier molecular flexibility index (Phi) is 4.04. The van der Waals surface area contributed by atoms with Gasteiger partial charge < -0.3 is 9.84 Å². The van der Waals surface area contributed by atoms with Crippen molar-refractivity contribution in [2.75, 3.05) is 0 Å². The molecule has 21 heavy (non-hydrogen) atoms. The van der Waals surface area contributed by atoms with Crippen molar-refractivity contribution < 1.29 is 24.0 Å². The van der Waals surface area contributed by atoms with E-state index in [-0.39, 0.29) is 16.3 Å². The van der Waals surface area contributed by atoms with Gasteiger partial charge in [0.25, 0.3) is 0 Å². The Hall–Kier alpha value is -2.67. The summed E-state index contributed by atoms with van der Waals surface area (Å²) in [6.07, 6.45) is 0. The number of carboxylic acids is 1. The molecular formula is C13H7ClFNO5. The Morgan fingerprint density at radius 2 is 1.95 bits per heavy atom. The molecule has 0 radical (unpaired) electrons. The predicted octanol–water partition coefficient (Wildman–Crippen LogP) is 3.88. The molecule has 0 unspecified atom stereocenters. The van der Waals surface area contributed by atoms with E-state index in [0.717, 1.165) is 18.2 Å². The zero-order valence-electron chi connectivity index (χ0n) is 10.2. The molecule has 0 aliphatic heterocycles. The van der Waals surface area contributed by atoms with Gasteiger partial charge >= 0.3 is 11.7 Å². The third kappa shape index (κ3) is 3.26. The van der Waals surface area contributed by atoms with Gasteiger partial charge in [0, 0.05) is 23.2 Å². The SMILES string of the molecule is O=C(O)c1ccc(Cl)cc1Oc1cc(F)ccc1[N+](=O)[O-]. The molecule has 0 amide bonds. The number of nitro groups is 1. The average Bonchev–Trinajstić information content (AvgIpc) is 2.38. The van der Waals surface area contributed by atoms with E-state index in [0.29, 0.717) is 0 Å². The van der Waals surface area contributed by atoms with Crippen LogP contribution in [0.5, 0.6) is 11.5 Å². The van der Waals surface area contributed by atoms with Crippen LogP contribution in [0.3, 0.4) is 0 Å². The number of carbonyl (C=O) groups is 1. The fraction of sp³-hybridized carbons (Fsp3) is 0. The molecule has 0 aliphatic rings. The highest BCUT2D eigenvalue weighted by atomic mass is 35.5. The summed E-state index contributed by atoms with van der Waals surface area (Å²) in [5, 5.41) is 20.1. The first kappa shape index (κ1) is 14.7. The van der Waals surface area contributed by atoms with Crippen LogP contribution in [0.4, 0.5) is 10.1 Å². The lowest BCUT2D eigenvalue weighted by atomic mass is 10.2. The molecule has 1 N–H and O–H groups in total. The second-order valence-electron chi connectivity index (χ2n) is 3.92. The summed E-state index contributed by atoms with van der Waals surface area (Å²) in [4.78, 5) is 21.2. The van der Waals surface area contributed by atoms with Crippen molar-refractivity contribution in [1.29, 1.82) is 0 Å². The maximum atomic E-state index is 13.2. The number of halogens is 2. The van der Waals surface area contributed by atoms with Crippen molar-refractivity contribution >= 4 is 23.3 Å². The number of benzene rings is 2. The number of hydrogen-bond donors (Lipinski definition) is 1. The van der Waals surface area contributed by atoms with Gasteiger partial charge in [0.1, 0.15) is 17.1 Å². The van der Waals surface area contributed by atoms with Crippen LogP contribution >= 0.6 is 11.6 Å². The third-order valence-corrected chi connectivity index (χ3v) is 2.75. The van der Waals surface area contributed by atoms with Gasteiger partial charge in [0.05, 0.1) is 4.92 Å². The van der Waals surface area contributed by atoms with E-state index in [4.69, 9.17) is 21.4 Å². The Balaban J connectivity index is 2.52. The van der Waals surface area contributed by atoms with Gasteiger partial charge in [-0.3, -0.25) is 10.1 Å². The lowest BCUT2D eigenvalue weighted by Gasteiger charge is -2.09. The van der Waals surface area contributed by atoms with Crippen molar-refractivity contribution in [2.45, 2.75) is 0 Å². The van der Waals surface area contributed by atoms with Crippen LogP contribution in [0.15, 0.2) is 36.4 Å². The molecule has 6 nitrogen and oxygen atoms in total. The molecule has 0 saturated heterocycles. The lowest BCUT2D eigenvalue weighted by Crippen LogP contribution is -2.01. The number of nitro benzene ring substituents is 1. The maximum absolute atomic E-state index is 13.2. The highest BCUT2D eigenvalue weighted by Gasteiger charge is 2.20. The Labute approximate surface area is 122 Å². The van der Waals surface area contributed by atoms with Crippen LogP contribution < -0.4 is 4.74 Å². The Morgan fingerprint density at radius 3 is 2.57 bits per heavy atom. The van der Waals surface area contributed by atoms with Gasteiger partial charge in [-0.2, -0.15) is 0 Å². The molecule has 2 rings (SSSR count). The van der Waals surface area contributed by atoms with Gasteiger partial charge in [-0.05, 0) is 18.2 Å². The van der Waals surface area contributed by atoms with E-state index in [1.165, 1.54) is 18.2 Å². The van der Waals surface area contributed by atoms with E-state index in [2.05, 4.69) is 0 Å². The fourth-order valence-electron chi connectivity index (χ4n) is 1.60. The average molecular weight is 312 g/mol. The van der Waals surface area contributed by atoms with Crippen LogP contribution in [0.1, 0.15) is 10.4 Å². The molecule has 2 aromatic carbocycles. The highest BCUT2D eigenvalue weighted by Crippen LogP contribution is 2.34. The zero-order valence-corrected chi connectivity index (χ0v) is 11.0. The minimum Gasteiger partial charge on any atom is -0.478 e. The van der Waals surface area contributed by atoms with Gasteiger partial charge in [-0.15, -0.1) is 0 Å². The Bertz CT molecular complexity index is 673. The van der Waals surface area contributed by atoms with Gasteiger partial charge in [0.2, 0.25) is 5.75 Å². The standard InChI is InChI=1S/C13H7ClFNO5/c14-7-1-3-9(13(17)18)11(5-7)21-12-6-8(15)2-4-10(12)16(19)20/h1-6H,(H,17,18). The first-order valence-electron chi connectivity index (χ1n) is 5.53. The summed E-state index contributed by atoms with van der Waals surface area (Å²) in [5.74, 6) is -2.69. The van der Waals surface area contributed by atoms with Crippen molar-refractivity contribution in [3.8, 4) is 11.5 Å². The molecule has 0 atom stereocenters. The number of nitrogens with zero attached hydrogens (tertiary/aromatic N) is 1. The van der Waals surface area contributed by atoms with Crippen molar-refractivity contribution in [3.05, 3.63) is 62.9 Å². The number of aromatic carboxylic acids is 1. The maximum Gasteiger partial charge on any atom is 0.339 e. The molecule has 2 aromatic rings. The second kappa shape index (κ2) is 5.76. The number of ether oxygens (including phenoxy) is 1. The molecular weight excluding hydrogens is 305 g/mol. The molecule has 0 aliphatic carbocycles. The molecule has 0 aromatic heterocycles. The monoisotopic (exact) mass is 311 g/mol. The van der Waals surface area contributed by atoms with Crippen LogP contribution in [-0.2, 0) is 0 Å². The third-order valence-electron chi connectivity index (χ3n) is 2.51. The van der Waals surface area contributed by atoms with Gasteiger partial charge in [-0.1, -0.05) is 11.6 Å². The normalized spacial score (nSPS) is 10.2. The summed E-state index contributed by atoms with van der Waals surface area (Å²) in [6.45, 7) is 0. The summed E-state index contributed by atoms with van der Waals surface area (Å²) < 4.78 is 18.4. The van der Waals surface area contributed by atoms with Gasteiger partial charge in [-0.25, -0.2) is 9.18 Å². The van der Waals surface area contributed by atoms with Crippen molar-refractivity contribution in [1.82, 2.24) is 0 Å². The van der Waals surface area contributed by atoms with Crippen LogP contribution in [0.25, 0.3) is 0 Å². The van der Waals surface area contributed by atoms with E-state index >= 15 is 0 Å². The Morgan fingerprint density at radius 1 is 1.24 bits per heavy atom. The van der Waals surface area contributed by atoms with Crippen LogP contribution in [0.2, 0.25) is 5.02 Å². The van der Waals surface area contributed by atoms with E-state index < -0.39 is 28.1 Å². The molecule has 0 fully saturated rings. The minimum absolute atomic E-state index is 0.175. The summed E-state index contributed by atoms with van der Waals surface area (Å²) in [6, 6.07) is 6.32. The van der Waals surface area contributed by atoms with Crippen molar-refractivity contribution in [3.63, 3.8) is 0 Å². The van der Waals surface area contributed by atoms with Gasteiger partial charge in [0.15, 0.2) is 0 Å². The molecule has 0 heterocycles. The van der Waals surface area contributed by atoms with E-state index in [1.807, 2.05) is 0 Å². The predicted molar refractivity (Wildman–Crippen MR) is 71.5 cm³/mol. The summed E-state index contributed by atoms with van der Waals surface area (Å²) >= 11 is 5.74. The lowest BCUT2D eigenvalue weighted by molar-refractivity contribution is -0.385. The smallest absolute Gasteiger partial charge is 0.339 e. The van der Waals surface area contributed by atoms with Crippen molar-refractivity contribution in [2.24, 2.45) is 0 Å². The second-order valence-corrected chi connectivity index (χ2v) is 4.35. The molecule has 0 saturated carbocycles. The summed E-state index contributed by atoms with van der Waals surface area (Å²) in [5.41, 5.74) is -0.745.